The molecular weight excluding hydrogens is 264 g/mol. The highest BCUT2D eigenvalue weighted by atomic mass is 15.3. The first-order valence-electron chi connectivity index (χ1n) is 7.40. The van der Waals surface area contributed by atoms with Crippen LogP contribution in [0.15, 0.2) is 12.4 Å². The second-order valence-corrected chi connectivity index (χ2v) is 5.55. The molecule has 0 unspecified atom stereocenters. The van der Waals surface area contributed by atoms with Gasteiger partial charge >= 0.3 is 0 Å². The lowest BCUT2D eigenvalue weighted by Crippen LogP contribution is -2.47. The van der Waals surface area contributed by atoms with Crippen LogP contribution in [0.2, 0.25) is 0 Å². The highest BCUT2D eigenvalue weighted by Gasteiger charge is 2.20. The predicted molar refractivity (Wildman–Crippen MR) is 78.9 cm³/mol. The number of nitrogens with zero attached hydrogens (tertiary/aromatic N) is 6. The molecule has 2 rings (SSSR count). The molecule has 0 N–H and O–H groups in total. The summed E-state index contributed by atoms with van der Waals surface area (Å²) in [7, 11) is 2.02. The third-order valence-electron chi connectivity index (χ3n) is 4.02. The Kier molecular flexibility index (Phi) is 5.74. The molecule has 6 nitrogen and oxygen atoms in total. The lowest BCUT2D eigenvalue weighted by Gasteiger charge is -2.35. The second kappa shape index (κ2) is 7.78. The fourth-order valence-corrected chi connectivity index (χ4v) is 2.63. The summed E-state index contributed by atoms with van der Waals surface area (Å²) in [6, 6.07) is 4.44. The van der Waals surface area contributed by atoms with E-state index in [1.165, 1.54) is 0 Å². The standard InChI is InChI=1S/C15H22N6/c1-19-6-5-18-15(19)13-21-9-7-20(8-10-21)12-14(11-17)3-2-4-16/h5-6,14H,2-3,7-10,12-13H2,1H3/t14-/m1/s1. The van der Waals surface area contributed by atoms with Crippen LogP contribution >= 0.6 is 0 Å². The number of hydrogen-bond donors (Lipinski definition) is 0. The van der Waals surface area contributed by atoms with Crippen LogP contribution in [0.5, 0.6) is 0 Å². The van der Waals surface area contributed by atoms with Crippen LogP contribution in [0.1, 0.15) is 18.7 Å². The summed E-state index contributed by atoms with van der Waals surface area (Å²) < 4.78 is 2.06. The van der Waals surface area contributed by atoms with E-state index in [1.807, 2.05) is 19.4 Å². The van der Waals surface area contributed by atoms with Gasteiger partial charge in [0.05, 0.1) is 24.6 Å². The van der Waals surface area contributed by atoms with E-state index in [0.717, 1.165) is 45.1 Å². The lowest BCUT2D eigenvalue weighted by atomic mass is 10.0. The first kappa shape index (κ1) is 15.5. The van der Waals surface area contributed by atoms with Gasteiger partial charge in [-0.2, -0.15) is 10.5 Å². The van der Waals surface area contributed by atoms with Crippen LogP contribution in [-0.2, 0) is 13.6 Å². The third-order valence-corrected chi connectivity index (χ3v) is 4.02. The molecule has 0 aromatic carbocycles. The molecule has 1 aromatic rings. The second-order valence-electron chi connectivity index (χ2n) is 5.55. The van der Waals surface area contributed by atoms with Crippen molar-refractivity contribution >= 4 is 0 Å². The van der Waals surface area contributed by atoms with E-state index in [2.05, 4.69) is 31.5 Å². The molecule has 2 heterocycles. The summed E-state index contributed by atoms with van der Waals surface area (Å²) in [5.41, 5.74) is 0. The maximum absolute atomic E-state index is 9.13. The maximum atomic E-state index is 9.13. The minimum atomic E-state index is -0.0225. The van der Waals surface area contributed by atoms with E-state index < -0.39 is 0 Å². The summed E-state index contributed by atoms with van der Waals surface area (Å²) in [6.45, 7) is 5.64. The van der Waals surface area contributed by atoms with Gasteiger partial charge in [0.25, 0.3) is 0 Å². The highest BCUT2D eigenvalue weighted by molar-refractivity contribution is 4.93. The van der Waals surface area contributed by atoms with E-state index in [-0.39, 0.29) is 5.92 Å². The number of aromatic nitrogens is 2. The summed E-state index contributed by atoms with van der Waals surface area (Å²) in [5.74, 6) is 1.07. The van der Waals surface area contributed by atoms with Gasteiger partial charge in [-0.3, -0.25) is 9.80 Å². The molecule has 6 heteroatoms. The Bertz CT molecular complexity index is 515. The van der Waals surface area contributed by atoms with Crippen LogP contribution in [0.25, 0.3) is 0 Å². The number of nitriles is 2. The van der Waals surface area contributed by atoms with Gasteiger partial charge < -0.3 is 4.57 Å². The summed E-state index contributed by atoms with van der Waals surface area (Å²) in [5, 5.41) is 17.7. The van der Waals surface area contributed by atoms with Crippen molar-refractivity contribution in [3.8, 4) is 12.1 Å². The Morgan fingerprint density at radius 1 is 1.24 bits per heavy atom. The molecule has 1 saturated heterocycles. The highest BCUT2D eigenvalue weighted by Crippen LogP contribution is 2.11. The lowest BCUT2D eigenvalue weighted by molar-refractivity contribution is 0.116. The molecule has 21 heavy (non-hydrogen) atoms. The topological polar surface area (TPSA) is 71.9 Å². The summed E-state index contributed by atoms with van der Waals surface area (Å²) >= 11 is 0. The molecule has 112 valence electrons. The van der Waals surface area contributed by atoms with Crippen LogP contribution in [-0.4, -0.2) is 52.1 Å². The minimum Gasteiger partial charge on any atom is -0.337 e. The quantitative estimate of drug-likeness (QED) is 0.779. The Hall–Kier alpha value is -1.89. The van der Waals surface area contributed by atoms with Crippen molar-refractivity contribution in [2.24, 2.45) is 13.0 Å². The number of imidazole rings is 1. The molecule has 1 aliphatic heterocycles. The van der Waals surface area contributed by atoms with Crippen LogP contribution in [0.3, 0.4) is 0 Å². The Morgan fingerprint density at radius 2 is 1.95 bits per heavy atom. The van der Waals surface area contributed by atoms with Gasteiger partial charge in [0.15, 0.2) is 0 Å². The molecule has 0 amide bonds. The van der Waals surface area contributed by atoms with Crippen molar-refractivity contribution < 1.29 is 0 Å². The molecule has 1 atom stereocenters. The van der Waals surface area contributed by atoms with Crippen molar-refractivity contribution in [2.75, 3.05) is 32.7 Å². The minimum absolute atomic E-state index is 0.0225. The van der Waals surface area contributed by atoms with Crippen molar-refractivity contribution in [2.45, 2.75) is 19.4 Å². The van der Waals surface area contributed by atoms with E-state index in [1.54, 1.807) is 0 Å². The Labute approximate surface area is 126 Å². The molecule has 1 aliphatic rings. The number of hydrogen-bond acceptors (Lipinski definition) is 5. The average molecular weight is 286 g/mol. The van der Waals surface area contributed by atoms with Gasteiger partial charge in [-0.1, -0.05) is 0 Å². The van der Waals surface area contributed by atoms with Crippen LogP contribution < -0.4 is 0 Å². The smallest absolute Gasteiger partial charge is 0.122 e. The van der Waals surface area contributed by atoms with Crippen LogP contribution in [0.4, 0.5) is 0 Å². The zero-order chi connectivity index (χ0) is 15.1. The van der Waals surface area contributed by atoms with Gasteiger partial charge in [0.1, 0.15) is 5.82 Å². The van der Waals surface area contributed by atoms with Crippen molar-refractivity contribution in [1.82, 2.24) is 19.4 Å². The predicted octanol–water partition coefficient (Wildman–Crippen LogP) is 0.981. The molecular formula is C15H22N6. The molecule has 0 aliphatic carbocycles. The van der Waals surface area contributed by atoms with Gasteiger partial charge in [0, 0.05) is 58.6 Å². The molecule has 0 spiro atoms. The SMILES string of the molecule is Cn1ccnc1CN1CCN(C[C@@H](C#N)CCC#N)CC1. The molecule has 0 saturated carbocycles. The Balaban J connectivity index is 1.74. The first-order valence-corrected chi connectivity index (χ1v) is 7.40. The van der Waals surface area contributed by atoms with Gasteiger partial charge in [0.2, 0.25) is 0 Å². The molecule has 1 aromatic heterocycles. The number of rotatable bonds is 6. The zero-order valence-electron chi connectivity index (χ0n) is 12.6. The monoisotopic (exact) mass is 286 g/mol. The van der Waals surface area contributed by atoms with E-state index >= 15 is 0 Å². The van der Waals surface area contributed by atoms with Crippen molar-refractivity contribution in [3.05, 3.63) is 18.2 Å². The van der Waals surface area contributed by atoms with Gasteiger partial charge in [-0.15, -0.1) is 0 Å². The normalized spacial score (nSPS) is 18.0. The maximum Gasteiger partial charge on any atom is 0.122 e. The fourth-order valence-electron chi connectivity index (χ4n) is 2.63. The first-order chi connectivity index (χ1) is 10.2. The largest absolute Gasteiger partial charge is 0.337 e. The zero-order valence-corrected chi connectivity index (χ0v) is 12.6. The van der Waals surface area contributed by atoms with E-state index in [9.17, 15) is 0 Å². The number of piperazine rings is 1. The average Bonchev–Trinajstić information content (AvgIpc) is 2.90. The fraction of sp³-hybridized carbons (Fsp3) is 0.667. The molecule has 1 fully saturated rings. The van der Waals surface area contributed by atoms with Crippen molar-refractivity contribution in [1.29, 1.82) is 10.5 Å². The molecule has 0 radical (unpaired) electrons. The van der Waals surface area contributed by atoms with Gasteiger partial charge in [-0.05, 0) is 6.42 Å². The summed E-state index contributed by atoms with van der Waals surface area (Å²) in [6.07, 6.45) is 4.95. The Morgan fingerprint density at radius 3 is 2.52 bits per heavy atom. The summed E-state index contributed by atoms with van der Waals surface area (Å²) in [4.78, 5) is 9.09. The van der Waals surface area contributed by atoms with Gasteiger partial charge in [-0.25, -0.2) is 4.98 Å². The van der Waals surface area contributed by atoms with Crippen molar-refractivity contribution in [3.63, 3.8) is 0 Å². The van der Waals surface area contributed by atoms with E-state index in [0.29, 0.717) is 12.8 Å². The third kappa shape index (κ3) is 4.56. The van der Waals surface area contributed by atoms with E-state index in [4.69, 9.17) is 10.5 Å². The molecule has 0 bridgehead atoms. The van der Waals surface area contributed by atoms with Crippen LogP contribution in [0, 0.1) is 28.6 Å². The number of aryl methyl sites for hydroxylation is 1.